The summed E-state index contributed by atoms with van der Waals surface area (Å²) in [5.74, 6) is 2.34. The Morgan fingerprint density at radius 2 is 1.59 bits per heavy atom. The highest BCUT2D eigenvalue weighted by Crippen LogP contribution is 2.40. The van der Waals surface area contributed by atoms with Gasteiger partial charge in [0.25, 0.3) is 0 Å². The van der Waals surface area contributed by atoms with E-state index in [4.69, 9.17) is 1.37 Å². The number of benzene rings is 2. The van der Waals surface area contributed by atoms with Gasteiger partial charge in [0.05, 0.1) is 12.3 Å². The van der Waals surface area contributed by atoms with E-state index < -0.39 is 0 Å². The van der Waals surface area contributed by atoms with Crippen molar-refractivity contribution in [2.24, 2.45) is 18.9 Å². The van der Waals surface area contributed by atoms with Crippen LogP contribution in [0.5, 0.6) is 0 Å². The van der Waals surface area contributed by atoms with E-state index in [0.29, 0.717) is 29.7 Å². The third-order valence-electron chi connectivity index (χ3n) is 8.05. The largest absolute Gasteiger partial charge is 0.220 e. The van der Waals surface area contributed by atoms with Gasteiger partial charge >= 0.3 is 0 Å². The smallest absolute Gasteiger partial charge is 0.198 e. The van der Waals surface area contributed by atoms with Gasteiger partial charge in [-0.15, -0.1) is 0 Å². The molecule has 3 aromatic rings. The Morgan fingerprint density at radius 3 is 2.22 bits per heavy atom. The van der Waals surface area contributed by atoms with Crippen molar-refractivity contribution >= 4 is 10.8 Å². The lowest BCUT2D eigenvalue weighted by atomic mass is 9.79. The molecule has 1 heterocycles. The molecule has 1 aliphatic carbocycles. The highest BCUT2D eigenvalue weighted by Gasteiger charge is 2.26. The number of rotatable bonds is 5. The third kappa shape index (κ3) is 4.12. The Labute approximate surface area is 197 Å². The molecule has 0 atom stereocenters. The van der Waals surface area contributed by atoms with Crippen molar-refractivity contribution in [3.63, 3.8) is 0 Å². The highest BCUT2D eigenvalue weighted by atomic mass is 14.9. The van der Waals surface area contributed by atoms with Crippen LogP contribution in [0.25, 0.3) is 22.0 Å². The molecule has 1 heteroatoms. The topological polar surface area (TPSA) is 3.88 Å². The van der Waals surface area contributed by atoms with Crippen molar-refractivity contribution in [1.82, 2.24) is 0 Å². The van der Waals surface area contributed by atoms with Gasteiger partial charge in [-0.25, -0.2) is 0 Å². The summed E-state index contributed by atoms with van der Waals surface area (Å²) in [5.41, 5.74) is 9.24. The average molecular weight is 430 g/mol. The monoisotopic (exact) mass is 429 g/mol. The second-order valence-electron chi connectivity index (χ2n) is 10.9. The molecule has 0 amide bonds. The molecule has 4 rings (SSSR count). The van der Waals surface area contributed by atoms with Crippen LogP contribution in [-0.4, -0.2) is 0 Å². The number of hydrogen-bond acceptors (Lipinski definition) is 0. The summed E-state index contributed by atoms with van der Waals surface area (Å²) >= 11 is 0. The maximum absolute atomic E-state index is 8.99. The van der Waals surface area contributed by atoms with Crippen LogP contribution in [0.4, 0.5) is 0 Å². The molecule has 0 spiro atoms. The number of hydrogen-bond donors (Lipinski definition) is 0. The molecule has 0 unspecified atom stereocenters. The van der Waals surface area contributed by atoms with E-state index in [1.54, 1.807) is 0 Å². The lowest BCUT2D eigenvalue weighted by Gasteiger charge is -2.26. The molecule has 1 aliphatic rings. The Morgan fingerprint density at radius 1 is 0.938 bits per heavy atom. The zero-order valence-electron chi connectivity index (χ0n) is 22.5. The molecule has 0 aliphatic heterocycles. The number of aromatic nitrogens is 1. The fourth-order valence-corrected chi connectivity index (χ4v) is 6.20. The van der Waals surface area contributed by atoms with Crippen LogP contribution in [0, 0.1) is 32.6 Å². The molecular formula is C31H42N+. The summed E-state index contributed by atoms with van der Waals surface area (Å²) < 4.78 is 11.3. The van der Waals surface area contributed by atoms with Gasteiger partial charge in [0.1, 0.15) is 7.05 Å². The summed E-state index contributed by atoms with van der Waals surface area (Å²) in [7, 11) is 2.14. The van der Waals surface area contributed by atoms with Gasteiger partial charge < -0.3 is 0 Å². The van der Waals surface area contributed by atoms with E-state index >= 15 is 0 Å². The van der Waals surface area contributed by atoms with Crippen LogP contribution in [0.2, 0.25) is 0 Å². The van der Waals surface area contributed by atoms with Gasteiger partial charge in [-0.1, -0.05) is 58.7 Å². The molecule has 0 radical (unpaired) electrons. The molecule has 1 fully saturated rings. The zero-order valence-corrected chi connectivity index (χ0v) is 21.5. The van der Waals surface area contributed by atoms with Crippen molar-refractivity contribution in [3.8, 4) is 11.3 Å². The fraction of sp³-hybridized carbons (Fsp3) is 0.516. The average Bonchev–Trinajstić information content (AvgIpc) is 3.30. The van der Waals surface area contributed by atoms with Crippen LogP contribution in [0.1, 0.15) is 94.5 Å². The molecule has 0 bridgehead atoms. The lowest BCUT2D eigenvalue weighted by Crippen LogP contribution is -2.35. The summed E-state index contributed by atoms with van der Waals surface area (Å²) in [6, 6.07) is 12.5. The maximum Gasteiger partial charge on any atom is 0.220 e. The predicted molar refractivity (Wildman–Crippen MR) is 138 cm³/mol. The Hall–Kier alpha value is -2.15. The minimum Gasteiger partial charge on any atom is -0.198 e. The van der Waals surface area contributed by atoms with Crippen molar-refractivity contribution in [1.29, 1.82) is 0 Å². The van der Waals surface area contributed by atoms with Gasteiger partial charge in [0, 0.05) is 13.0 Å². The maximum atomic E-state index is 8.99. The zero-order chi connectivity index (χ0) is 24.0. The first-order chi connectivity index (χ1) is 15.6. The molecule has 0 N–H and O–H groups in total. The molecule has 1 nitrogen and oxygen atoms in total. The standard InChI is InChI=1S/C31H42N/c1-19(2)30(20(3)4)25-13-14-28-27(17-25)16-22(6)32(8)31(28)29-18-26(15-21(5)23(29)7)24-11-9-10-12-24/h13-20,24,30H,9-12H2,1-8H3/q+1/i16D. The third-order valence-corrected chi connectivity index (χ3v) is 8.05. The van der Waals surface area contributed by atoms with Crippen LogP contribution in [0.3, 0.4) is 0 Å². The van der Waals surface area contributed by atoms with Gasteiger partial charge in [-0.05, 0) is 90.1 Å². The molecule has 1 aromatic heterocycles. The van der Waals surface area contributed by atoms with Gasteiger partial charge in [0.2, 0.25) is 5.69 Å². The fourth-order valence-electron chi connectivity index (χ4n) is 6.20. The SMILES string of the molecule is [2H]c1c(C)[n+](C)c(-c2cc(C3CCCC3)cc(C)c2C)c2ccc(C(C(C)C)C(C)C)cc12. The van der Waals surface area contributed by atoms with Crippen LogP contribution in [-0.2, 0) is 7.05 Å². The number of nitrogens with zero attached hydrogens (tertiary/aromatic N) is 1. The van der Waals surface area contributed by atoms with Gasteiger partial charge in [0.15, 0.2) is 5.69 Å². The van der Waals surface area contributed by atoms with E-state index in [0.717, 1.165) is 11.1 Å². The predicted octanol–water partition coefficient (Wildman–Crippen LogP) is 8.31. The van der Waals surface area contributed by atoms with Crippen LogP contribution < -0.4 is 4.57 Å². The molecule has 1 saturated carbocycles. The molecule has 170 valence electrons. The van der Waals surface area contributed by atoms with Crippen molar-refractivity contribution in [2.45, 2.75) is 86.0 Å². The minimum absolute atomic E-state index is 0.501. The van der Waals surface area contributed by atoms with Gasteiger partial charge in [-0.2, -0.15) is 4.57 Å². The Kier molecular flexibility index (Phi) is 6.10. The normalized spacial score (nSPS) is 15.5. The molecule has 2 aromatic carbocycles. The second-order valence-corrected chi connectivity index (χ2v) is 10.9. The lowest BCUT2D eigenvalue weighted by molar-refractivity contribution is -0.665. The Bertz CT molecular complexity index is 1170. The van der Waals surface area contributed by atoms with E-state index in [-0.39, 0.29) is 0 Å². The van der Waals surface area contributed by atoms with Crippen molar-refractivity contribution < 1.29 is 5.94 Å². The summed E-state index contributed by atoms with van der Waals surface area (Å²) in [6.45, 7) is 15.9. The van der Waals surface area contributed by atoms with Crippen LogP contribution >= 0.6 is 0 Å². The quantitative estimate of drug-likeness (QED) is 0.359. The summed E-state index contributed by atoms with van der Waals surface area (Å²) in [6.07, 6.45) is 5.33. The first kappa shape index (κ1) is 21.7. The van der Waals surface area contributed by atoms with E-state index in [1.165, 1.54) is 64.6 Å². The molecular weight excluding hydrogens is 386 g/mol. The highest BCUT2D eigenvalue weighted by molar-refractivity contribution is 5.94. The number of pyridine rings is 1. The minimum atomic E-state index is 0.501. The Balaban J connectivity index is 1.99. The summed E-state index contributed by atoms with van der Waals surface area (Å²) in [5, 5.41) is 2.29. The summed E-state index contributed by atoms with van der Waals surface area (Å²) in [4.78, 5) is 0. The van der Waals surface area contributed by atoms with E-state index in [1.807, 2.05) is 0 Å². The molecule has 0 saturated heterocycles. The number of fused-ring (bicyclic) bond motifs is 1. The first-order valence-electron chi connectivity index (χ1n) is 13.2. The van der Waals surface area contributed by atoms with Gasteiger partial charge in [-0.3, -0.25) is 0 Å². The van der Waals surface area contributed by atoms with Crippen molar-refractivity contribution in [2.75, 3.05) is 0 Å². The molecule has 32 heavy (non-hydrogen) atoms. The number of aryl methyl sites for hydroxylation is 1. The van der Waals surface area contributed by atoms with Crippen LogP contribution in [0.15, 0.2) is 36.4 Å². The van der Waals surface area contributed by atoms with Crippen molar-refractivity contribution in [3.05, 3.63) is 64.3 Å². The first-order valence-corrected chi connectivity index (χ1v) is 12.7. The van der Waals surface area contributed by atoms with E-state index in [2.05, 4.69) is 90.4 Å². The van der Waals surface area contributed by atoms with E-state index in [9.17, 15) is 0 Å². The second kappa shape index (κ2) is 9.00.